The van der Waals surface area contributed by atoms with Crippen LogP contribution in [0.1, 0.15) is 73.8 Å². The van der Waals surface area contributed by atoms with E-state index >= 15 is 0 Å². The lowest BCUT2D eigenvalue weighted by atomic mass is 10.1. The van der Waals surface area contributed by atoms with E-state index in [1.165, 1.54) is 4.90 Å². The molecule has 0 spiro atoms. The second-order valence-corrected chi connectivity index (χ2v) is 10.2. The van der Waals surface area contributed by atoms with Gasteiger partial charge in [-0.25, -0.2) is 8.78 Å². The fraction of sp³-hybridized carbons (Fsp3) is 0.615. The van der Waals surface area contributed by atoms with E-state index in [0.717, 1.165) is 37.0 Å². The zero-order valence-electron chi connectivity index (χ0n) is 20.7. The minimum atomic E-state index is -2.70. The Morgan fingerprint density at radius 2 is 1.50 bits per heavy atom. The van der Waals surface area contributed by atoms with Crippen molar-refractivity contribution in [2.75, 3.05) is 39.3 Å². The van der Waals surface area contributed by atoms with Crippen molar-refractivity contribution in [3.05, 3.63) is 35.5 Å². The topological polar surface area (TPSA) is 48.8 Å². The summed E-state index contributed by atoms with van der Waals surface area (Å²) in [7, 11) is 0. The first-order valence-electron chi connectivity index (χ1n) is 12.4. The zero-order chi connectivity index (χ0) is 24.6. The van der Waals surface area contributed by atoms with E-state index in [1.807, 2.05) is 47.6 Å². The first-order valence-corrected chi connectivity index (χ1v) is 12.4. The van der Waals surface area contributed by atoms with Crippen LogP contribution in [0.3, 0.4) is 0 Å². The molecule has 0 bridgehead atoms. The second-order valence-electron chi connectivity index (χ2n) is 10.2. The van der Waals surface area contributed by atoms with Crippen LogP contribution in [0, 0.1) is 0 Å². The number of halogens is 2. The largest absolute Gasteiger partial charge is 0.337 e. The van der Waals surface area contributed by atoms with Gasteiger partial charge in [-0.05, 0) is 58.4 Å². The molecular weight excluding hydrogens is 438 g/mol. The van der Waals surface area contributed by atoms with Gasteiger partial charge in [-0.2, -0.15) is 0 Å². The highest BCUT2D eigenvalue weighted by Crippen LogP contribution is 2.31. The average molecular weight is 475 g/mol. The van der Waals surface area contributed by atoms with Crippen LogP contribution in [-0.2, 0) is 0 Å². The van der Waals surface area contributed by atoms with E-state index in [9.17, 15) is 18.4 Å². The van der Waals surface area contributed by atoms with Crippen molar-refractivity contribution < 1.29 is 18.4 Å². The number of hydrogen-bond donors (Lipinski definition) is 0. The minimum Gasteiger partial charge on any atom is -0.337 e. The summed E-state index contributed by atoms with van der Waals surface area (Å²) in [5, 5.41) is 0.823. The van der Waals surface area contributed by atoms with Gasteiger partial charge in [0.25, 0.3) is 17.7 Å². The number of likely N-dealkylation sites (tertiary alicyclic amines) is 1. The Bertz CT molecular complexity index is 1050. The van der Waals surface area contributed by atoms with Crippen LogP contribution in [0.15, 0.2) is 24.3 Å². The first-order chi connectivity index (χ1) is 16.1. The molecule has 0 atom stereocenters. The Kier molecular flexibility index (Phi) is 6.99. The molecule has 0 aliphatic carbocycles. The molecule has 8 heteroatoms. The zero-order valence-corrected chi connectivity index (χ0v) is 20.7. The summed E-state index contributed by atoms with van der Waals surface area (Å²) in [6, 6.07) is 7.89. The monoisotopic (exact) mass is 474 g/mol. The summed E-state index contributed by atoms with van der Waals surface area (Å²) < 4.78 is 29.1. The van der Waals surface area contributed by atoms with E-state index in [-0.39, 0.29) is 43.8 Å². The van der Waals surface area contributed by atoms with Gasteiger partial charge < -0.3 is 14.4 Å². The highest BCUT2D eigenvalue weighted by atomic mass is 19.3. The standard InChI is InChI=1S/C26H36F2N4O2/c1-18(2)29-10-5-11-30(15-14-29)24(33)20-6-7-22-21(16-20)17-23(32(22)19(3)4)25(34)31-12-8-26(27,28)9-13-31/h6-7,16-19H,5,8-15H2,1-4H3. The van der Waals surface area contributed by atoms with Crippen molar-refractivity contribution in [1.29, 1.82) is 0 Å². The van der Waals surface area contributed by atoms with Crippen molar-refractivity contribution in [3.63, 3.8) is 0 Å². The third-order valence-electron chi connectivity index (χ3n) is 7.15. The molecule has 6 nitrogen and oxygen atoms in total. The van der Waals surface area contributed by atoms with Gasteiger partial charge in [-0.3, -0.25) is 14.5 Å². The smallest absolute Gasteiger partial charge is 0.270 e. The molecule has 1 aromatic heterocycles. The Labute approximate surface area is 200 Å². The van der Waals surface area contributed by atoms with Gasteiger partial charge in [0, 0.05) is 80.7 Å². The number of hydrogen-bond acceptors (Lipinski definition) is 3. The lowest BCUT2D eigenvalue weighted by Gasteiger charge is -2.32. The van der Waals surface area contributed by atoms with E-state index in [4.69, 9.17) is 0 Å². The summed E-state index contributed by atoms with van der Waals surface area (Å²) in [5.41, 5.74) is 1.98. The molecule has 0 radical (unpaired) electrons. The number of benzene rings is 1. The highest BCUT2D eigenvalue weighted by molar-refractivity contribution is 6.02. The molecule has 2 saturated heterocycles. The predicted octanol–water partition coefficient (Wildman–Crippen LogP) is 4.65. The van der Waals surface area contributed by atoms with Crippen LogP contribution >= 0.6 is 0 Å². The maximum Gasteiger partial charge on any atom is 0.270 e. The average Bonchev–Trinajstić information content (AvgIpc) is 2.99. The predicted molar refractivity (Wildman–Crippen MR) is 130 cm³/mol. The number of amides is 2. The van der Waals surface area contributed by atoms with Gasteiger partial charge in [-0.15, -0.1) is 0 Å². The molecule has 0 unspecified atom stereocenters. The summed E-state index contributed by atoms with van der Waals surface area (Å²) in [5.74, 6) is -2.92. The van der Waals surface area contributed by atoms with Crippen LogP contribution < -0.4 is 0 Å². The van der Waals surface area contributed by atoms with Crippen LogP contribution in [-0.4, -0.2) is 82.3 Å². The van der Waals surface area contributed by atoms with E-state index < -0.39 is 5.92 Å². The molecule has 0 saturated carbocycles. The maximum absolute atomic E-state index is 13.6. The van der Waals surface area contributed by atoms with Crippen LogP contribution in [0.25, 0.3) is 10.9 Å². The molecule has 0 N–H and O–H groups in total. The molecule has 1 aromatic carbocycles. The molecule has 2 aliphatic rings. The van der Waals surface area contributed by atoms with Crippen LogP contribution in [0.2, 0.25) is 0 Å². The van der Waals surface area contributed by atoms with Gasteiger partial charge in [0.2, 0.25) is 0 Å². The molecule has 186 valence electrons. The molecule has 2 aliphatic heterocycles. The Morgan fingerprint density at radius 1 is 0.824 bits per heavy atom. The SMILES string of the molecule is CC(C)N1CCCN(C(=O)c2ccc3c(c2)cc(C(=O)N2CCC(F)(F)CC2)n3C(C)C)CC1. The normalized spacial score (nSPS) is 19.8. The molecular formula is C26H36F2N4O2. The van der Waals surface area contributed by atoms with Crippen LogP contribution in [0.4, 0.5) is 8.78 Å². The quantitative estimate of drug-likeness (QED) is 0.648. The number of rotatable bonds is 4. The Balaban J connectivity index is 1.59. The summed E-state index contributed by atoms with van der Waals surface area (Å²) in [6.07, 6.45) is 0.343. The van der Waals surface area contributed by atoms with E-state index in [1.54, 1.807) is 0 Å². The van der Waals surface area contributed by atoms with Gasteiger partial charge in [-0.1, -0.05) is 0 Å². The molecule has 2 fully saturated rings. The lowest BCUT2D eigenvalue weighted by molar-refractivity contribution is -0.0495. The number of carbonyl (C=O) groups excluding carboxylic acids is 2. The summed E-state index contributed by atoms with van der Waals surface area (Å²) in [6.45, 7) is 11.7. The van der Waals surface area contributed by atoms with E-state index in [0.29, 0.717) is 23.8 Å². The number of carbonyl (C=O) groups is 2. The third-order valence-corrected chi connectivity index (χ3v) is 7.15. The number of fused-ring (bicyclic) bond motifs is 1. The van der Waals surface area contributed by atoms with E-state index in [2.05, 4.69) is 18.7 Å². The van der Waals surface area contributed by atoms with Gasteiger partial charge >= 0.3 is 0 Å². The number of nitrogens with zero attached hydrogens (tertiary/aromatic N) is 4. The Hall–Kier alpha value is -2.48. The molecule has 34 heavy (non-hydrogen) atoms. The Morgan fingerprint density at radius 3 is 2.15 bits per heavy atom. The summed E-state index contributed by atoms with van der Waals surface area (Å²) in [4.78, 5) is 32.4. The van der Waals surface area contributed by atoms with Crippen molar-refractivity contribution in [1.82, 2.24) is 19.3 Å². The van der Waals surface area contributed by atoms with Crippen molar-refractivity contribution in [2.45, 2.75) is 65.0 Å². The fourth-order valence-corrected chi connectivity index (χ4v) is 5.13. The molecule has 2 aromatic rings. The minimum absolute atomic E-state index is 0.0101. The summed E-state index contributed by atoms with van der Waals surface area (Å²) >= 11 is 0. The lowest BCUT2D eigenvalue weighted by Crippen LogP contribution is -2.43. The fourth-order valence-electron chi connectivity index (χ4n) is 5.13. The maximum atomic E-state index is 13.6. The van der Waals surface area contributed by atoms with Gasteiger partial charge in [0.1, 0.15) is 5.69 Å². The molecule has 3 heterocycles. The third kappa shape index (κ3) is 4.97. The van der Waals surface area contributed by atoms with Crippen LogP contribution in [0.5, 0.6) is 0 Å². The second kappa shape index (κ2) is 9.64. The van der Waals surface area contributed by atoms with Crippen molar-refractivity contribution >= 4 is 22.7 Å². The molecule has 4 rings (SSSR count). The van der Waals surface area contributed by atoms with Crippen molar-refractivity contribution in [2.24, 2.45) is 0 Å². The van der Waals surface area contributed by atoms with Crippen molar-refractivity contribution in [3.8, 4) is 0 Å². The highest BCUT2D eigenvalue weighted by Gasteiger charge is 2.36. The number of piperidine rings is 1. The first kappa shape index (κ1) is 24.6. The number of alkyl halides is 2. The molecule has 2 amide bonds. The number of aromatic nitrogens is 1. The van der Waals surface area contributed by atoms with Gasteiger partial charge in [0.15, 0.2) is 0 Å². The van der Waals surface area contributed by atoms with Gasteiger partial charge in [0.05, 0.1) is 0 Å².